The highest BCUT2D eigenvalue weighted by Gasteiger charge is 2.22. The lowest BCUT2D eigenvalue weighted by atomic mass is 10.1. The van der Waals surface area contributed by atoms with E-state index in [0.29, 0.717) is 6.04 Å². The van der Waals surface area contributed by atoms with E-state index in [9.17, 15) is 0 Å². The van der Waals surface area contributed by atoms with Gasteiger partial charge in [-0.15, -0.1) is 0 Å². The van der Waals surface area contributed by atoms with Gasteiger partial charge in [-0.25, -0.2) is 4.98 Å². The number of nitrogens with zero attached hydrogens (tertiary/aromatic N) is 1. The Morgan fingerprint density at radius 3 is 3.00 bits per heavy atom. The SMILES string of the molecule is CCCNc1cc(NC2CCCC2C)ccn1. The second-order valence-electron chi connectivity index (χ2n) is 5.02. The summed E-state index contributed by atoms with van der Waals surface area (Å²) in [6, 6.07) is 4.81. The summed E-state index contributed by atoms with van der Waals surface area (Å²) in [6.45, 7) is 5.48. The van der Waals surface area contributed by atoms with E-state index in [1.54, 1.807) is 0 Å². The van der Waals surface area contributed by atoms with E-state index in [2.05, 4.69) is 41.6 Å². The highest BCUT2D eigenvalue weighted by Crippen LogP contribution is 2.28. The monoisotopic (exact) mass is 233 g/mol. The lowest BCUT2D eigenvalue weighted by Gasteiger charge is -2.19. The van der Waals surface area contributed by atoms with Crippen LogP contribution in [-0.4, -0.2) is 17.6 Å². The minimum atomic E-state index is 0.636. The molecule has 1 aromatic rings. The molecule has 1 saturated carbocycles. The predicted molar refractivity (Wildman–Crippen MR) is 73.4 cm³/mol. The predicted octanol–water partition coefficient (Wildman–Crippen LogP) is 3.50. The Morgan fingerprint density at radius 1 is 1.41 bits per heavy atom. The van der Waals surface area contributed by atoms with Gasteiger partial charge in [-0.1, -0.05) is 20.3 Å². The van der Waals surface area contributed by atoms with Gasteiger partial charge < -0.3 is 10.6 Å². The number of pyridine rings is 1. The van der Waals surface area contributed by atoms with Crippen molar-refractivity contribution < 1.29 is 0 Å². The summed E-state index contributed by atoms with van der Waals surface area (Å²) in [5, 5.41) is 6.95. The summed E-state index contributed by atoms with van der Waals surface area (Å²) in [7, 11) is 0. The van der Waals surface area contributed by atoms with Gasteiger partial charge in [0.2, 0.25) is 0 Å². The summed E-state index contributed by atoms with van der Waals surface area (Å²) < 4.78 is 0. The second-order valence-corrected chi connectivity index (χ2v) is 5.02. The zero-order valence-electron chi connectivity index (χ0n) is 10.9. The van der Waals surface area contributed by atoms with Gasteiger partial charge >= 0.3 is 0 Å². The Bertz CT molecular complexity index is 351. The molecule has 0 bridgehead atoms. The number of hydrogen-bond donors (Lipinski definition) is 2. The molecule has 1 heterocycles. The van der Waals surface area contributed by atoms with Crippen LogP contribution in [-0.2, 0) is 0 Å². The molecule has 17 heavy (non-hydrogen) atoms. The molecule has 2 N–H and O–H groups in total. The first-order valence-corrected chi connectivity index (χ1v) is 6.76. The first-order chi connectivity index (χ1) is 8.29. The van der Waals surface area contributed by atoms with Crippen molar-refractivity contribution in [3.05, 3.63) is 18.3 Å². The van der Waals surface area contributed by atoms with Gasteiger partial charge in [0.15, 0.2) is 0 Å². The highest BCUT2D eigenvalue weighted by molar-refractivity contribution is 5.52. The van der Waals surface area contributed by atoms with Crippen molar-refractivity contribution in [3.8, 4) is 0 Å². The van der Waals surface area contributed by atoms with E-state index in [-0.39, 0.29) is 0 Å². The molecule has 1 aliphatic rings. The number of nitrogens with one attached hydrogen (secondary N) is 2. The molecule has 1 aliphatic carbocycles. The van der Waals surface area contributed by atoms with Gasteiger partial charge in [0.25, 0.3) is 0 Å². The molecule has 0 aliphatic heterocycles. The van der Waals surface area contributed by atoms with Crippen LogP contribution in [0.4, 0.5) is 11.5 Å². The Hall–Kier alpha value is -1.25. The third-order valence-electron chi connectivity index (χ3n) is 3.53. The molecule has 0 saturated heterocycles. The van der Waals surface area contributed by atoms with Crippen molar-refractivity contribution in [1.82, 2.24) is 4.98 Å². The zero-order chi connectivity index (χ0) is 12.1. The number of aromatic nitrogens is 1. The molecule has 0 spiro atoms. The fraction of sp³-hybridized carbons (Fsp3) is 0.643. The standard InChI is InChI=1S/C14H23N3/c1-3-8-15-14-10-12(7-9-16-14)17-13-6-4-5-11(13)2/h7,9-11,13H,3-6,8H2,1-2H3,(H2,15,16,17). The number of anilines is 2. The largest absolute Gasteiger partial charge is 0.382 e. The molecule has 2 unspecified atom stereocenters. The second kappa shape index (κ2) is 5.89. The topological polar surface area (TPSA) is 37.0 Å². The Balaban J connectivity index is 1.95. The van der Waals surface area contributed by atoms with E-state index >= 15 is 0 Å². The number of rotatable bonds is 5. The maximum atomic E-state index is 4.32. The Kier molecular flexibility index (Phi) is 4.24. The highest BCUT2D eigenvalue weighted by atomic mass is 15.0. The summed E-state index contributed by atoms with van der Waals surface area (Å²) in [5.41, 5.74) is 1.19. The van der Waals surface area contributed by atoms with Crippen molar-refractivity contribution >= 4 is 11.5 Å². The first kappa shape index (κ1) is 12.2. The van der Waals surface area contributed by atoms with Crippen molar-refractivity contribution in [2.24, 2.45) is 5.92 Å². The molecular formula is C14H23N3. The van der Waals surface area contributed by atoms with Gasteiger partial charge in [-0.2, -0.15) is 0 Å². The molecule has 0 amide bonds. The van der Waals surface area contributed by atoms with Gasteiger partial charge in [-0.05, 0) is 31.2 Å². The smallest absolute Gasteiger partial charge is 0.127 e. The molecule has 1 fully saturated rings. The molecule has 2 rings (SSSR count). The normalized spacial score (nSPS) is 23.6. The van der Waals surface area contributed by atoms with E-state index in [0.717, 1.165) is 24.7 Å². The fourth-order valence-electron chi connectivity index (χ4n) is 2.44. The van der Waals surface area contributed by atoms with Crippen molar-refractivity contribution in [3.63, 3.8) is 0 Å². The molecule has 3 nitrogen and oxygen atoms in total. The van der Waals surface area contributed by atoms with E-state index in [1.807, 2.05) is 6.20 Å². The molecule has 0 radical (unpaired) electrons. The maximum Gasteiger partial charge on any atom is 0.127 e. The summed E-state index contributed by atoms with van der Waals surface area (Å²) >= 11 is 0. The molecule has 0 aromatic carbocycles. The van der Waals surface area contributed by atoms with Crippen LogP contribution in [0.15, 0.2) is 18.3 Å². The van der Waals surface area contributed by atoms with Crippen molar-refractivity contribution in [1.29, 1.82) is 0 Å². The quantitative estimate of drug-likeness (QED) is 0.817. The van der Waals surface area contributed by atoms with Gasteiger partial charge in [0.1, 0.15) is 5.82 Å². The average Bonchev–Trinajstić information content (AvgIpc) is 2.73. The van der Waals surface area contributed by atoms with Crippen LogP contribution >= 0.6 is 0 Å². The van der Waals surface area contributed by atoms with E-state index in [1.165, 1.54) is 24.9 Å². The third-order valence-corrected chi connectivity index (χ3v) is 3.53. The molecular weight excluding hydrogens is 210 g/mol. The van der Waals surface area contributed by atoms with Crippen molar-refractivity contribution in [2.45, 2.75) is 45.6 Å². The Morgan fingerprint density at radius 2 is 2.29 bits per heavy atom. The molecule has 3 heteroatoms. The minimum Gasteiger partial charge on any atom is -0.382 e. The van der Waals surface area contributed by atoms with Crippen LogP contribution in [0.3, 0.4) is 0 Å². The van der Waals surface area contributed by atoms with E-state index < -0.39 is 0 Å². The zero-order valence-corrected chi connectivity index (χ0v) is 10.9. The van der Waals surface area contributed by atoms with Crippen LogP contribution in [0.25, 0.3) is 0 Å². The van der Waals surface area contributed by atoms with Crippen LogP contribution in [0.2, 0.25) is 0 Å². The van der Waals surface area contributed by atoms with Gasteiger partial charge in [0, 0.05) is 30.5 Å². The average molecular weight is 233 g/mol. The third kappa shape index (κ3) is 3.35. The van der Waals surface area contributed by atoms with Crippen molar-refractivity contribution in [2.75, 3.05) is 17.2 Å². The van der Waals surface area contributed by atoms with Crippen LogP contribution in [0.1, 0.15) is 39.5 Å². The fourth-order valence-corrected chi connectivity index (χ4v) is 2.44. The first-order valence-electron chi connectivity index (χ1n) is 6.76. The van der Waals surface area contributed by atoms with Crippen LogP contribution in [0, 0.1) is 5.92 Å². The molecule has 2 atom stereocenters. The Labute approximate surface area is 104 Å². The molecule has 1 aromatic heterocycles. The van der Waals surface area contributed by atoms with Crippen LogP contribution in [0.5, 0.6) is 0 Å². The van der Waals surface area contributed by atoms with Gasteiger partial charge in [0.05, 0.1) is 0 Å². The van der Waals surface area contributed by atoms with E-state index in [4.69, 9.17) is 0 Å². The minimum absolute atomic E-state index is 0.636. The summed E-state index contributed by atoms with van der Waals surface area (Å²) in [4.78, 5) is 4.32. The summed E-state index contributed by atoms with van der Waals surface area (Å²) in [6.07, 6.45) is 6.99. The number of hydrogen-bond acceptors (Lipinski definition) is 3. The lowest BCUT2D eigenvalue weighted by molar-refractivity contribution is 0.556. The lowest BCUT2D eigenvalue weighted by Crippen LogP contribution is -2.21. The summed E-state index contributed by atoms with van der Waals surface area (Å²) in [5.74, 6) is 1.76. The van der Waals surface area contributed by atoms with Crippen LogP contribution < -0.4 is 10.6 Å². The molecule has 94 valence electrons. The maximum absolute atomic E-state index is 4.32. The van der Waals surface area contributed by atoms with Gasteiger partial charge in [-0.3, -0.25) is 0 Å².